The van der Waals surface area contributed by atoms with Crippen molar-refractivity contribution in [3.63, 3.8) is 0 Å². The number of nitrogens with one attached hydrogen (secondary N) is 1. The maximum absolute atomic E-state index is 13.4. The number of carbonyl (C=O) groups is 1. The number of hydrogen-bond acceptors (Lipinski definition) is 4. The van der Waals surface area contributed by atoms with Crippen LogP contribution in [0.1, 0.15) is 60.9 Å². The number of H-pyrrole nitrogens is 1. The van der Waals surface area contributed by atoms with Crippen LogP contribution in [0.5, 0.6) is 0 Å². The van der Waals surface area contributed by atoms with Crippen molar-refractivity contribution >= 4 is 22.5 Å². The first-order chi connectivity index (χ1) is 19.2. The Hall–Kier alpha value is -2.83. The van der Waals surface area contributed by atoms with Crippen molar-refractivity contribution in [1.29, 1.82) is 0 Å². The molecule has 1 aromatic heterocycles. The van der Waals surface area contributed by atoms with Gasteiger partial charge in [-0.1, -0.05) is 24.6 Å². The Bertz CT molecular complexity index is 1200. The second kappa shape index (κ2) is 12.6. The van der Waals surface area contributed by atoms with Crippen LogP contribution in [0, 0.1) is 0 Å². The second-order valence-electron chi connectivity index (χ2n) is 11.8. The number of para-hydroxylation sites is 1. The Kier molecular flexibility index (Phi) is 8.50. The summed E-state index contributed by atoms with van der Waals surface area (Å²) in [6.07, 6.45) is 11.9. The number of fused-ring (bicyclic) bond motifs is 1. The van der Waals surface area contributed by atoms with E-state index in [1.165, 1.54) is 68.4 Å². The molecule has 6 nitrogen and oxygen atoms in total. The highest BCUT2D eigenvalue weighted by Gasteiger charge is 2.28. The van der Waals surface area contributed by atoms with Crippen molar-refractivity contribution in [1.82, 2.24) is 19.7 Å². The lowest BCUT2D eigenvalue weighted by atomic mass is 9.99. The van der Waals surface area contributed by atoms with Gasteiger partial charge < -0.3 is 19.7 Å². The van der Waals surface area contributed by atoms with Gasteiger partial charge in [0.1, 0.15) is 0 Å². The van der Waals surface area contributed by atoms with Gasteiger partial charge in [0.05, 0.1) is 0 Å². The van der Waals surface area contributed by atoms with Gasteiger partial charge in [-0.15, -0.1) is 0 Å². The number of hydrogen-bond donors (Lipinski definition) is 1. The molecule has 0 unspecified atom stereocenters. The summed E-state index contributed by atoms with van der Waals surface area (Å²) in [4.78, 5) is 26.7. The van der Waals surface area contributed by atoms with Crippen LogP contribution < -0.4 is 4.90 Å². The fourth-order valence-electron chi connectivity index (χ4n) is 6.94. The highest BCUT2D eigenvalue weighted by atomic mass is 16.2. The number of piperazine rings is 1. The quantitative estimate of drug-likeness (QED) is 0.398. The maximum Gasteiger partial charge on any atom is 0.253 e. The number of aromatic amines is 1. The summed E-state index contributed by atoms with van der Waals surface area (Å²) in [5.74, 6) is 0.204. The zero-order chi connectivity index (χ0) is 26.4. The van der Waals surface area contributed by atoms with Gasteiger partial charge in [0.15, 0.2) is 0 Å². The first-order valence-electron chi connectivity index (χ1n) is 15.4. The minimum Gasteiger partial charge on any atom is -0.369 e. The van der Waals surface area contributed by atoms with Crippen LogP contribution >= 0.6 is 0 Å². The zero-order valence-electron chi connectivity index (χ0n) is 23.5. The van der Waals surface area contributed by atoms with Crippen LogP contribution in [0.4, 0.5) is 5.69 Å². The van der Waals surface area contributed by atoms with E-state index in [0.717, 1.165) is 69.6 Å². The van der Waals surface area contributed by atoms with Gasteiger partial charge in [-0.2, -0.15) is 0 Å². The van der Waals surface area contributed by atoms with E-state index in [1.54, 1.807) is 0 Å². The summed E-state index contributed by atoms with van der Waals surface area (Å²) in [7, 11) is 0. The average Bonchev–Trinajstić information content (AvgIpc) is 3.42. The smallest absolute Gasteiger partial charge is 0.253 e. The molecule has 4 heterocycles. The SMILES string of the molecule is O=C(c1ccc2[nH]cc(CCCCN3CCN(c4ccccc4)CC3)c2c1)N1CCC(N2CCCCC2)CC1. The molecule has 1 N–H and O–H groups in total. The minimum atomic E-state index is 0.204. The molecule has 3 aliphatic heterocycles. The molecule has 0 aliphatic carbocycles. The van der Waals surface area contributed by atoms with Crippen LogP contribution in [-0.2, 0) is 6.42 Å². The van der Waals surface area contributed by atoms with Gasteiger partial charge in [-0.05, 0) is 100 Å². The van der Waals surface area contributed by atoms with E-state index in [4.69, 9.17) is 0 Å². The summed E-state index contributed by atoms with van der Waals surface area (Å²) < 4.78 is 0. The Morgan fingerprint density at radius 1 is 0.821 bits per heavy atom. The first-order valence-corrected chi connectivity index (χ1v) is 15.4. The maximum atomic E-state index is 13.4. The highest BCUT2D eigenvalue weighted by molar-refractivity contribution is 5.98. The van der Waals surface area contributed by atoms with Crippen LogP contribution in [-0.4, -0.2) is 90.5 Å². The van der Waals surface area contributed by atoms with Gasteiger partial charge in [0.25, 0.3) is 5.91 Å². The normalized spacial score (nSPS) is 20.1. The fraction of sp³-hybridized carbons (Fsp3) is 0.545. The van der Waals surface area contributed by atoms with E-state index in [1.807, 2.05) is 6.07 Å². The molecular weight excluding hydrogens is 482 g/mol. The number of likely N-dealkylation sites (tertiary alicyclic amines) is 2. The number of benzene rings is 2. The average molecular weight is 528 g/mol. The molecule has 0 bridgehead atoms. The van der Waals surface area contributed by atoms with Crippen molar-refractivity contribution in [3.05, 3.63) is 65.9 Å². The van der Waals surface area contributed by atoms with Crippen molar-refractivity contribution in [2.24, 2.45) is 0 Å². The number of carbonyl (C=O) groups excluding carboxylic acids is 1. The fourth-order valence-corrected chi connectivity index (χ4v) is 6.94. The third-order valence-electron chi connectivity index (χ3n) is 9.34. The van der Waals surface area contributed by atoms with Crippen LogP contribution in [0.3, 0.4) is 0 Å². The number of unbranched alkanes of at least 4 members (excludes halogenated alkanes) is 1. The van der Waals surface area contributed by atoms with E-state index in [0.29, 0.717) is 6.04 Å². The molecule has 0 radical (unpaired) electrons. The van der Waals surface area contributed by atoms with Crippen molar-refractivity contribution in [3.8, 4) is 0 Å². The third-order valence-corrected chi connectivity index (χ3v) is 9.34. The Morgan fingerprint density at radius 3 is 2.36 bits per heavy atom. The minimum absolute atomic E-state index is 0.204. The molecule has 6 heteroatoms. The van der Waals surface area contributed by atoms with E-state index in [-0.39, 0.29) is 5.91 Å². The molecule has 3 fully saturated rings. The second-order valence-corrected chi connectivity index (χ2v) is 11.8. The van der Waals surface area contributed by atoms with Gasteiger partial charge in [0.2, 0.25) is 0 Å². The molecule has 3 aliphatic rings. The van der Waals surface area contributed by atoms with Crippen LogP contribution in [0.2, 0.25) is 0 Å². The van der Waals surface area contributed by atoms with Crippen LogP contribution in [0.15, 0.2) is 54.7 Å². The molecule has 39 heavy (non-hydrogen) atoms. The number of rotatable bonds is 8. The summed E-state index contributed by atoms with van der Waals surface area (Å²) in [6.45, 7) is 9.94. The summed E-state index contributed by atoms with van der Waals surface area (Å²) in [6, 6.07) is 17.7. The van der Waals surface area contributed by atoms with Gasteiger partial charge in [-0.3, -0.25) is 9.69 Å². The molecule has 2 aromatic carbocycles. The van der Waals surface area contributed by atoms with E-state index < -0.39 is 0 Å². The first kappa shape index (κ1) is 26.4. The van der Waals surface area contributed by atoms with Gasteiger partial charge in [0, 0.05) is 73.7 Å². The molecule has 208 valence electrons. The molecular formula is C33H45N5O. The highest BCUT2D eigenvalue weighted by Crippen LogP contribution is 2.25. The number of aromatic nitrogens is 1. The monoisotopic (exact) mass is 527 g/mol. The molecule has 3 saturated heterocycles. The number of nitrogens with zero attached hydrogens (tertiary/aromatic N) is 4. The molecule has 0 atom stereocenters. The predicted molar refractivity (Wildman–Crippen MR) is 161 cm³/mol. The van der Waals surface area contributed by atoms with Crippen molar-refractivity contribution < 1.29 is 4.79 Å². The topological polar surface area (TPSA) is 45.8 Å². The Morgan fingerprint density at radius 2 is 1.59 bits per heavy atom. The summed E-state index contributed by atoms with van der Waals surface area (Å²) in [5, 5.41) is 1.22. The largest absolute Gasteiger partial charge is 0.369 e. The summed E-state index contributed by atoms with van der Waals surface area (Å²) in [5.41, 5.74) is 4.67. The number of amides is 1. The lowest BCUT2D eigenvalue weighted by molar-refractivity contribution is 0.0590. The Labute approximate surface area is 233 Å². The van der Waals surface area contributed by atoms with Gasteiger partial charge >= 0.3 is 0 Å². The standard InChI is InChI=1S/C33H45N5O/c39-33(38-19-14-30(15-20-38)36-17-6-2-7-18-36)27-12-13-32-31(25-27)28(26-34-32)9-5-8-16-35-21-23-37(24-22-35)29-10-3-1-4-11-29/h1,3-4,10-13,25-26,30,34H,2,5-9,14-24H2. The lowest BCUT2D eigenvalue weighted by Crippen LogP contribution is -2.48. The molecule has 0 spiro atoms. The van der Waals surface area contributed by atoms with Gasteiger partial charge in [-0.25, -0.2) is 0 Å². The molecule has 6 rings (SSSR count). The van der Waals surface area contributed by atoms with Crippen molar-refractivity contribution in [2.75, 3.05) is 63.8 Å². The number of aryl methyl sites for hydroxylation is 1. The van der Waals surface area contributed by atoms with E-state index >= 15 is 0 Å². The molecule has 3 aromatic rings. The number of anilines is 1. The zero-order valence-corrected chi connectivity index (χ0v) is 23.5. The third kappa shape index (κ3) is 6.33. The molecule has 1 amide bonds. The Balaban J connectivity index is 0.974. The summed E-state index contributed by atoms with van der Waals surface area (Å²) >= 11 is 0. The van der Waals surface area contributed by atoms with E-state index in [9.17, 15) is 4.79 Å². The molecule has 0 saturated carbocycles. The van der Waals surface area contributed by atoms with E-state index in [2.05, 4.69) is 73.2 Å². The van der Waals surface area contributed by atoms with Crippen molar-refractivity contribution in [2.45, 2.75) is 57.4 Å². The number of piperidine rings is 2. The predicted octanol–water partition coefficient (Wildman–Crippen LogP) is 5.40. The van der Waals surface area contributed by atoms with Crippen LogP contribution in [0.25, 0.3) is 10.9 Å². The lowest BCUT2D eigenvalue weighted by Gasteiger charge is -2.40.